The Labute approximate surface area is 211 Å². The molecule has 0 saturated carbocycles. The Balaban J connectivity index is 1.22. The number of hydrogen-bond acceptors (Lipinski definition) is 6. The zero-order valence-electron chi connectivity index (χ0n) is 20.1. The summed E-state index contributed by atoms with van der Waals surface area (Å²) in [5.74, 6) is 2.22. The van der Waals surface area contributed by atoms with Crippen LogP contribution in [0.2, 0.25) is 0 Å². The number of hydrogen-bond donors (Lipinski definition) is 1. The fraction of sp³-hybridized carbons (Fsp3) is 0.357. The number of likely N-dealkylation sites (tertiary alicyclic amines) is 1. The third-order valence-corrected chi connectivity index (χ3v) is 7.77. The van der Waals surface area contributed by atoms with Crippen LogP contribution in [0.4, 0.5) is 0 Å². The molecule has 0 bridgehead atoms. The average molecular weight is 489 g/mol. The lowest BCUT2D eigenvalue weighted by Crippen LogP contribution is -2.21. The smallest absolute Gasteiger partial charge is 0.123 e. The van der Waals surface area contributed by atoms with Crippen molar-refractivity contribution in [3.63, 3.8) is 0 Å². The zero-order chi connectivity index (χ0) is 24.0. The first kappa shape index (κ1) is 24.0. The van der Waals surface area contributed by atoms with Crippen molar-refractivity contribution in [2.45, 2.75) is 38.7 Å². The largest absolute Gasteiger partial charge is 0.391 e. The molecule has 2 aromatic carbocycles. The van der Waals surface area contributed by atoms with Gasteiger partial charge in [0.15, 0.2) is 0 Å². The van der Waals surface area contributed by atoms with Gasteiger partial charge in [-0.25, -0.2) is 9.97 Å². The summed E-state index contributed by atoms with van der Waals surface area (Å²) in [5.41, 5.74) is 6.57. The van der Waals surface area contributed by atoms with Crippen LogP contribution in [-0.4, -0.2) is 49.5 Å². The molecule has 1 aliphatic heterocycles. The van der Waals surface area contributed by atoms with Crippen molar-refractivity contribution in [1.29, 1.82) is 0 Å². The van der Waals surface area contributed by atoms with Crippen molar-refractivity contribution in [1.82, 2.24) is 19.4 Å². The second kappa shape index (κ2) is 11.4. The molecular weight excluding hydrogens is 456 g/mol. The zero-order valence-corrected chi connectivity index (χ0v) is 20.9. The molecule has 1 N–H and O–H groups in total. The predicted molar refractivity (Wildman–Crippen MR) is 141 cm³/mol. The summed E-state index contributed by atoms with van der Waals surface area (Å²) >= 11 is 1.90. The van der Waals surface area contributed by atoms with E-state index in [1.54, 1.807) is 6.33 Å². The quantitative estimate of drug-likeness (QED) is 0.351. The van der Waals surface area contributed by atoms with Crippen LogP contribution in [0.25, 0.3) is 11.0 Å². The van der Waals surface area contributed by atoms with Gasteiger partial charge in [-0.05, 0) is 18.1 Å². The van der Waals surface area contributed by atoms with Crippen molar-refractivity contribution in [2.75, 3.05) is 18.8 Å². The maximum atomic E-state index is 10.7. The summed E-state index contributed by atoms with van der Waals surface area (Å²) in [6.45, 7) is 5.36. The van der Waals surface area contributed by atoms with Gasteiger partial charge in [0.1, 0.15) is 13.1 Å². The van der Waals surface area contributed by atoms with E-state index < -0.39 is 0 Å². The molecule has 0 amide bonds. The monoisotopic (exact) mass is 488 g/mol. The van der Waals surface area contributed by atoms with Crippen LogP contribution >= 0.6 is 11.8 Å². The molecule has 5 rings (SSSR count). The van der Waals surface area contributed by atoms with Crippen LogP contribution in [0, 0.1) is 12.8 Å². The minimum Gasteiger partial charge on any atom is -0.391 e. The summed E-state index contributed by atoms with van der Waals surface area (Å²) in [5, 5.41) is 10.7. The maximum absolute atomic E-state index is 10.7. The number of aliphatic hydroxyl groups is 1. The van der Waals surface area contributed by atoms with Crippen LogP contribution < -0.4 is 0 Å². The van der Waals surface area contributed by atoms with Gasteiger partial charge in [-0.2, -0.15) is 11.8 Å². The Morgan fingerprint density at radius 3 is 2.51 bits per heavy atom. The Morgan fingerprint density at radius 1 is 1.00 bits per heavy atom. The number of thioether (sulfide) groups is 1. The highest BCUT2D eigenvalue weighted by molar-refractivity contribution is 7.98. The number of nitrogens with zero attached hydrogens (tertiary/aromatic N) is 4. The number of fused-ring (bicyclic) bond motifs is 1. The molecule has 3 heterocycles. The van der Waals surface area contributed by atoms with E-state index in [0.717, 1.165) is 52.4 Å². The Bertz CT molecular complexity index is 1230. The van der Waals surface area contributed by atoms with E-state index in [9.17, 15) is 5.11 Å². The first-order valence-corrected chi connectivity index (χ1v) is 13.3. The van der Waals surface area contributed by atoms with Crippen LogP contribution in [0.5, 0.6) is 0 Å². The van der Waals surface area contributed by atoms with Gasteiger partial charge in [0, 0.05) is 48.8 Å². The van der Waals surface area contributed by atoms with Crippen molar-refractivity contribution in [3.05, 3.63) is 95.6 Å². The summed E-state index contributed by atoms with van der Waals surface area (Å²) in [7, 11) is 0. The molecule has 2 aromatic heterocycles. The van der Waals surface area contributed by atoms with Crippen molar-refractivity contribution < 1.29 is 9.84 Å². The van der Waals surface area contributed by atoms with E-state index in [1.807, 2.05) is 43.0 Å². The second-order valence-electron chi connectivity index (χ2n) is 9.27. The summed E-state index contributed by atoms with van der Waals surface area (Å²) in [6, 6.07) is 20.7. The van der Waals surface area contributed by atoms with Gasteiger partial charge in [0.25, 0.3) is 0 Å². The molecule has 1 aliphatic rings. The van der Waals surface area contributed by atoms with E-state index in [2.05, 4.69) is 62.0 Å². The standard InChI is InChI=1S/C28H32N4O2S/c1-21-28-27(30-19-29-21)24(14-32(28)20-34-16-22-8-4-2-5-9-22)12-31-13-25(26(33)15-31)18-35-17-23-10-6-3-7-11-23/h2-11,14,19,25-26,33H,12-13,15-18,20H2,1H3/t25-,26?/m1/s1. The first-order chi connectivity index (χ1) is 17.2. The topological polar surface area (TPSA) is 63.4 Å². The lowest BCUT2D eigenvalue weighted by molar-refractivity contribution is 0.0665. The molecule has 1 saturated heterocycles. The molecular formula is C28H32N4O2S. The Morgan fingerprint density at radius 2 is 1.74 bits per heavy atom. The van der Waals surface area contributed by atoms with Crippen LogP contribution in [0.3, 0.4) is 0 Å². The van der Waals surface area contributed by atoms with Gasteiger partial charge in [-0.3, -0.25) is 4.90 Å². The fourth-order valence-corrected chi connectivity index (χ4v) is 5.97. The molecule has 1 fully saturated rings. The second-order valence-corrected chi connectivity index (χ2v) is 10.3. The van der Waals surface area contributed by atoms with Gasteiger partial charge in [-0.15, -0.1) is 0 Å². The molecule has 1 unspecified atom stereocenters. The van der Waals surface area contributed by atoms with E-state index in [-0.39, 0.29) is 12.0 Å². The minimum atomic E-state index is -0.294. The highest BCUT2D eigenvalue weighted by Gasteiger charge is 2.31. The number of aliphatic hydroxyl groups excluding tert-OH is 1. The van der Waals surface area contributed by atoms with Crippen molar-refractivity contribution in [3.8, 4) is 0 Å². The maximum Gasteiger partial charge on any atom is 0.123 e. The Hall–Kier alpha value is -2.71. The highest BCUT2D eigenvalue weighted by atomic mass is 32.2. The van der Waals surface area contributed by atoms with Crippen molar-refractivity contribution in [2.24, 2.45) is 5.92 Å². The van der Waals surface area contributed by atoms with E-state index in [0.29, 0.717) is 19.9 Å². The van der Waals surface area contributed by atoms with Gasteiger partial charge in [0.2, 0.25) is 0 Å². The number of β-amino-alcohol motifs (C(OH)–C–C–N with tert-alkyl or cyclic N) is 1. The van der Waals surface area contributed by atoms with E-state index in [1.165, 1.54) is 5.56 Å². The third kappa shape index (κ3) is 5.93. The number of aryl methyl sites for hydroxylation is 1. The molecule has 0 spiro atoms. The summed E-state index contributed by atoms with van der Waals surface area (Å²) in [6.07, 6.45) is 3.48. The van der Waals surface area contributed by atoms with Gasteiger partial charge >= 0.3 is 0 Å². The molecule has 2 atom stereocenters. The van der Waals surface area contributed by atoms with Crippen LogP contribution in [-0.2, 0) is 30.4 Å². The van der Waals surface area contributed by atoms with Crippen molar-refractivity contribution >= 4 is 22.8 Å². The van der Waals surface area contributed by atoms with Gasteiger partial charge < -0.3 is 14.4 Å². The van der Waals surface area contributed by atoms with E-state index in [4.69, 9.17) is 4.74 Å². The highest BCUT2D eigenvalue weighted by Crippen LogP contribution is 2.28. The predicted octanol–water partition coefficient (Wildman–Crippen LogP) is 4.64. The SMILES string of the molecule is Cc1ncnc2c(CN3CC(O)[C@@H](CSCc4ccccc4)C3)cn(COCc3ccccc3)c12. The molecule has 35 heavy (non-hydrogen) atoms. The number of ether oxygens (including phenoxy) is 1. The van der Waals surface area contributed by atoms with E-state index >= 15 is 0 Å². The third-order valence-electron chi connectivity index (χ3n) is 6.57. The molecule has 0 aliphatic carbocycles. The summed E-state index contributed by atoms with van der Waals surface area (Å²) < 4.78 is 8.13. The molecule has 182 valence electrons. The molecule has 6 nitrogen and oxygen atoms in total. The molecule has 0 radical (unpaired) electrons. The summed E-state index contributed by atoms with van der Waals surface area (Å²) in [4.78, 5) is 11.4. The Kier molecular flexibility index (Phi) is 7.79. The van der Waals surface area contributed by atoms with Crippen LogP contribution in [0.1, 0.15) is 22.4 Å². The number of rotatable bonds is 10. The molecule has 4 aromatic rings. The normalized spacial score (nSPS) is 18.5. The lowest BCUT2D eigenvalue weighted by Gasteiger charge is -2.15. The number of aromatic nitrogens is 3. The van der Waals surface area contributed by atoms with Gasteiger partial charge in [0.05, 0.1) is 29.4 Å². The fourth-order valence-electron chi connectivity index (χ4n) is 4.79. The average Bonchev–Trinajstić information content (AvgIpc) is 3.41. The lowest BCUT2D eigenvalue weighted by atomic mass is 10.1. The molecule has 7 heteroatoms. The number of benzene rings is 2. The first-order valence-electron chi connectivity index (χ1n) is 12.1. The van der Waals surface area contributed by atoms with Gasteiger partial charge in [-0.1, -0.05) is 60.7 Å². The minimum absolute atomic E-state index is 0.280. The van der Waals surface area contributed by atoms with Crippen LogP contribution in [0.15, 0.2) is 73.2 Å².